The van der Waals surface area contributed by atoms with E-state index >= 15 is 0 Å². The summed E-state index contributed by atoms with van der Waals surface area (Å²) in [5, 5.41) is 3.70. The molecule has 0 fully saturated rings. The number of amides is 1. The Morgan fingerprint density at radius 1 is 1.12 bits per heavy atom. The number of aryl methyl sites for hydroxylation is 2. The topological polar surface area (TPSA) is 59.3 Å². The molecule has 1 aromatic heterocycles. The van der Waals surface area contributed by atoms with Gasteiger partial charge in [0.05, 0.1) is 5.56 Å². The predicted octanol–water partition coefficient (Wildman–Crippen LogP) is 4.10. The number of hydrogen-bond donors (Lipinski definition) is 1. The van der Waals surface area contributed by atoms with Crippen molar-refractivity contribution in [3.63, 3.8) is 0 Å². The quantitative estimate of drug-likeness (QED) is 0.690. The molecule has 0 radical (unpaired) electrons. The molecule has 4 nitrogen and oxygen atoms in total. The molecular weight excluding hydrogens is 370 g/mol. The lowest BCUT2D eigenvalue weighted by molar-refractivity contribution is 0.0950. The number of halogens is 1. The van der Waals surface area contributed by atoms with Crippen molar-refractivity contribution in [2.75, 3.05) is 0 Å². The zero-order valence-electron chi connectivity index (χ0n) is 13.4. The molecule has 1 heterocycles. The number of benzene rings is 2. The van der Waals surface area contributed by atoms with Crippen molar-refractivity contribution < 1.29 is 9.21 Å². The van der Waals surface area contributed by atoms with E-state index in [1.807, 2.05) is 38.1 Å². The van der Waals surface area contributed by atoms with Gasteiger partial charge in [-0.2, -0.15) is 0 Å². The van der Waals surface area contributed by atoms with E-state index in [0.29, 0.717) is 11.1 Å². The number of fused-ring (bicyclic) bond motifs is 1. The van der Waals surface area contributed by atoms with Gasteiger partial charge in [0.25, 0.3) is 5.91 Å². The minimum atomic E-state index is -0.420. The Bertz CT molecular complexity index is 992. The molecule has 3 aromatic rings. The minimum Gasteiger partial charge on any atom is -0.423 e. The molecule has 0 aliphatic rings. The Labute approximate surface area is 147 Å². The van der Waals surface area contributed by atoms with Crippen LogP contribution in [0.4, 0.5) is 0 Å². The summed E-state index contributed by atoms with van der Waals surface area (Å²) >= 11 is 3.37. The highest BCUT2D eigenvalue weighted by molar-refractivity contribution is 9.10. The second-order valence-corrected chi connectivity index (χ2v) is 6.54. The lowest BCUT2D eigenvalue weighted by Crippen LogP contribution is -2.23. The van der Waals surface area contributed by atoms with Crippen LogP contribution in [0.5, 0.6) is 0 Å². The van der Waals surface area contributed by atoms with Crippen LogP contribution in [-0.2, 0) is 6.54 Å². The normalized spacial score (nSPS) is 10.8. The van der Waals surface area contributed by atoms with Crippen LogP contribution in [0.3, 0.4) is 0 Å². The van der Waals surface area contributed by atoms with Crippen molar-refractivity contribution in [2.24, 2.45) is 0 Å². The maximum Gasteiger partial charge on any atom is 0.336 e. The predicted molar refractivity (Wildman–Crippen MR) is 97.3 cm³/mol. The first-order valence-corrected chi connectivity index (χ1v) is 8.31. The van der Waals surface area contributed by atoms with Gasteiger partial charge < -0.3 is 9.73 Å². The molecule has 0 saturated heterocycles. The van der Waals surface area contributed by atoms with E-state index in [0.717, 1.165) is 26.5 Å². The molecule has 3 rings (SSSR count). The summed E-state index contributed by atoms with van der Waals surface area (Å²) in [7, 11) is 0. The molecule has 0 atom stereocenters. The maximum absolute atomic E-state index is 12.3. The molecule has 0 unspecified atom stereocenters. The summed E-state index contributed by atoms with van der Waals surface area (Å²) in [5.74, 6) is -0.201. The molecule has 1 N–H and O–H groups in total. The highest BCUT2D eigenvalue weighted by Gasteiger charge is 2.12. The van der Waals surface area contributed by atoms with Crippen LogP contribution in [0.1, 0.15) is 27.0 Å². The number of rotatable bonds is 3. The molecule has 1 amide bonds. The van der Waals surface area contributed by atoms with Gasteiger partial charge in [0.2, 0.25) is 0 Å². The van der Waals surface area contributed by atoms with E-state index in [-0.39, 0.29) is 12.5 Å². The fourth-order valence-electron chi connectivity index (χ4n) is 2.55. The van der Waals surface area contributed by atoms with Crippen molar-refractivity contribution >= 4 is 32.8 Å². The standard InChI is InChI=1S/C19H16BrNO3/c1-11-7-15-13(9-18(22)24-17(15)8-12(11)2)10-21-19(23)14-5-3-4-6-16(14)20/h3-9H,10H2,1-2H3,(H,21,23). The Morgan fingerprint density at radius 3 is 2.58 bits per heavy atom. The lowest BCUT2D eigenvalue weighted by atomic mass is 10.0. The van der Waals surface area contributed by atoms with Crippen molar-refractivity contribution in [3.8, 4) is 0 Å². The van der Waals surface area contributed by atoms with E-state index in [1.165, 1.54) is 6.07 Å². The van der Waals surface area contributed by atoms with Gasteiger partial charge in [0.1, 0.15) is 5.58 Å². The van der Waals surface area contributed by atoms with Gasteiger partial charge in [0.15, 0.2) is 0 Å². The summed E-state index contributed by atoms with van der Waals surface area (Å²) in [6.45, 7) is 4.23. The zero-order chi connectivity index (χ0) is 17.3. The highest BCUT2D eigenvalue weighted by Crippen LogP contribution is 2.22. The van der Waals surface area contributed by atoms with Crippen molar-refractivity contribution in [1.29, 1.82) is 0 Å². The van der Waals surface area contributed by atoms with Crippen LogP contribution in [0, 0.1) is 13.8 Å². The largest absolute Gasteiger partial charge is 0.423 e. The van der Waals surface area contributed by atoms with Crippen LogP contribution in [0.25, 0.3) is 11.0 Å². The van der Waals surface area contributed by atoms with E-state index in [9.17, 15) is 9.59 Å². The van der Waals surface area contributed by atoms with Crippen LogP contribution in [0.2, 0.25) is 0 Å². The molecule has 0 aliphatic heterocycles. The second kappa shape index (κ2) is 6.61. The van der Waals surface area contributed by atoms with E-state index in [4.69, 9.17) is 4.42 Å². The lowest BCUT2D eigenvalue weighted by Gasteiger charge is -2.10. The Kier molecular flexibility index (Phi) is 4.53. The van der Waals surface area contributed by atoms with Crippen LogP contribution in [-0.4, -0.2) is 5.91 Å². The molecule has 5 heteroatoms. The third-order valence-corrected chi connectivity index (χ3v) is 4.69. The van der Waals surface area contributed by atoms with Gasteiger partial charge in [0, 0.05) is 22.5 Å². The van der Waals surface area contributed by atoms with Crippen molar-refractivity contribution in [2.45, 2.75) is 20.4 Å². The van der Waals surface area contributed by atoms with E-state index in [1.54, 1.807) is 12.1 Å². The molecule has 0 saturated carbocycles. The average molecular weight is 386 g/mol. The molecule has 24 heavy (non-hydrogen) atoms. The van der Waals surface area contributed by atoms with Crippen molar-refractivity contribution in [1.82, 2.24) is 5.32 Å². The first-order chi connectivity index (χ1) is 11.5. The van der Waals surface area contributed by atoms with Gasteiger partial charge in [-0.3, -0.25) is 4.79 Å². The maximum atomic E-state index is 12.3. The first-order valence-electron chi connectivity index (χ1n) is 7.52. The van der Waals surface area contributed by atoms with Crippen molar-refractivity contribution in [3.05, 3.63) is 79.6 Å². The van der Waals surface area contributed by atoms with Gasteiger partial charge >= 0.3 is 5.63 Å². The number of nitrogens with one attached hydrogen (secondary N) is 1. The van der Waals surface area contributed by atoms with E-state index in [2.05, 4.69) is 21.2 Å². The molecule has 0 aliphatic carbocycles. The number of hydrogen-bond acceptors (Lipinski definition) is 3. The molecule has 122 valence electrons. The van der Waals surface area contributed by atoms with Crippen LogP contribution in [0.15, 0.2) is 56.1 Å². The van der Waals surface area contributed by atoms with Gasteiger partial charge in [-0.15, -0.1) is 0 Å². The average Bonchev–Trinajstić information content (AvgIpc) is 2.54. The fourth-order valence-corrected chi connectivity index (χ4v) is 3.01. The Hall–Kier alpha value is -2.40. The number of carbonyl (C=O) groups excluding carboxylic acids is 1. The van der Waals surface area contributed by atoms with Gasteiger partial charge in [-0.05, 0) is 70.7 Å². The summed E-state index contributed by atoms with van der Waals surface area (Å²) in [5.41, 5.74) is 3.57. The summed E-state index contributed by atoms with van der Waals surface area (Å²) in [4.78, 5) is 24.1. The Morgan fingerprint density at radius 2 is 1.83 bits per heavy atom. The van der Waals surface area contributed by atoms with Crippen LogP contribution < -0.4 is 10.9 Å². The molecular formula is C19H16BrNO3. The van der Waals surface area contributed by atoms with Gasteiger partial charge in [-0.25, -0.2) is 4.79 Å². The molecule has 0 bridgehead atoms. The third-order valence-electron chi connectivity index (χ3n) is 4.00. The van der Waals surface area contributed by atoms with Crippen LogP contribution >= 0.6 is 15.9 Å². The SMILES string of the molecule is Cc1cc2oc(=O)cc(CNC(=O)c3ccccc3Br)c2cc1C. The second-order valence-electron chi connectivity index (χ2n) is 5.69. The monoisotopic (exact) mass is 385 g/mol. The first kappa shape index (κ1) is 16.5. The summed E-state index contributed by atoms with van der Waals surface area (Å²) in [6, 6.07) is 12.5. The van der Waals surface area contributed by atoms with Gasteiger partial charge in [-0.1, -0.05) is 12.1 Å². The van der Waals surface area contributed by atoms with E-state index < -0.39 is 5.63 Å². The third kappa shape index (κ3) is 3.26. The Balaban J connectivity index is 1.93. The highest BCUT2D eigenvalue weighted by atomic mass is 79.9. The summed E-state index contributed by atoms with van der Waals surface area (Å²) < 4.78 is 6.00. The summed E-state index contributed by atoms with van der Waals surface area (Å²) in [6.07, 6.45) is 0. The molecule has 0 spiro atoms. The minimum absolute atomic E-state index is 0.201. The number of carbonyl (C=O) groups is 1. The zero-order valence-corrected chi connectivity index (χ0v) is 14.9. The molecule has 2 aromatic carbocycles. The smallest absolute Gasteiger partial charge is 0.336 e. The fraction of sp³-hybridized carbons (Fsp3) is 0.158.